The lowest BCUT2D eigenvalue weighted by Gasteiger charge is -2.55. The Labute approximate surface area is 141 Å². The van der Waals surface area contributed by atoms with Gasteiger partial charge in [0.2, 0.25) is 5.91 Å². The van der Waals surface area contributed by atoms with E-state index in [9.17, 15) is 10.1 Å². The van der Waals surface area contributed by atoms with Crippen LogP contribution in [0.3, 0.4) is 0 Å². The maximum atomic E-state index is 13.1. The van der Waals surface area contributed by atoms with Gasteiger partial charge in [-0.15, -0.1) is 11.3 Å². The van der Waals surface area contributed by atoms with E-state index in [4.69, 9.17) is 0 Å². The number of nitriles is 1. The van der Waals surface area contributed by atoms with Crippen LogP contribution in [0.4, 0.5) is 5.00 Å². The summed E-state index contributed by atoms with van der Waals surface area (Å²) in [5, 5.41) is 13.6. The first-order chi connectivity index (χ1) is 11.2. The van der Waals surface area contributed by atoms with Gasteiger partial charge in [-0.25, -0.2) is 0 Å². The minimum atomic E-state index is -0.129. The van der Waals surface area contributed by atoms with Crippen molar-refractivity contribution in [3.63, 3.8) is 0 Å². The zero-order valence-corrected chi connectivity index (χ0v) is 14.2. The quantitative estimate of drug-likeness (QED) is 0.882. The number of nitrogens with one attached hydrogen (secondary N) is 1. The largest absolute Gasteiger partial charge is 0.316 e. The molecule has 0 unspecified atom stereocenters. The van der Waals surface area contributed by atoms with Gasteiger partial charge in [-0.05, 0) is 81.1 Å². The highest BCUT2D eigenvalue weighted by Crippen LogP contribution is 2.60. The Hall–Kier alpha value is -1.34. The first-order valence-electron chi connectivity index (χ1n) is 9.03. The lowest BCUT2D eigenvalue weighted by molar-refractivity contribution is -0.140. The Bertz CT molecular complexity index is 691. The molecule has 1 amide bonds. The van der Waals surface area contributed by atoms with Gasteiger partial charge in [0.05, 0.1) is 11.0 Å². The van der Waals surface area contributed by atoms with Crippen molar-refractivity contribution in [3.8, 4) is 6.07 Å². The third-order valence-corrected chi connectivity index (χ3v) is 7.99. The monoisotopic (exact) mass is 326 g/mol. The topological polar surface area (TPSA) is 52.9 Å². The molecule has 0 aromatic carbocycles. The van der Waals surface area contributed by atoms with Crippen LogP contribution in [-0.4, -0.2) is 5.91 Å². The van der Waals surface area contributed by atoms with E-state index in [0.29, 0.717) is 0 Å². The normalized spacial score (nSPS) is 36.7. The van der Waals surface area contributed by atoms with E-state index < -0.39 is 0 Å². The summed E-state index contributed by atoms with van der Waals surface area (Å²) in [6.45, 7) is 0. The third kappa shape index (κ3) is 2.02. The van der Waals surface area contributed by atoms with Crippen LogP contribution in [0.1, 0.15) is 60.9 Å². The van der Waals surface area contributed by atoms with Crippen molar-refractivity contribution in [2.75, 3.05) is 5.32 Å². The Balaban J connectivity index is 1.43. The van der Waals surface area contributed by atoms with Crippen molar-refractivity contribution < 1.29 is 4.79 Å². The minimum absolute atomic E-state index is 0.129. The number of carbonyl (C=O) groups excluding carboxylic acids is 1. The third-order valence-electron chi connectivity index (χ3n) is 6.78. The van der Waals surface area contributed by atoms with Gasteiger partial charge in [0.15, 0.2) is 0 Å². The van der Waals surface area contributed by atoms with Crippen LogP contribution in [0.5, 0.6) is 0 Å². The molecule has 0 aliphatic heterocycles. The second kappa shape index (κ2) is 4.83. The summed E-state index contributed by atoms with van der Waals surface area (Å²) in [7, 11) is 0. The van der Waals surface area contributed by atoms with E-state index in [1.807, 2.05) is 0 Å². The molecule has 6 rings (SSSR count). The number of aryl methyl sites for hydroxylation is 1. The van der Waals surface area contributed by atoms with E-state index in [1.165, 1.54) is 29.7 Å². The molecule has 0 saturated heterocycles. The molecular weight excluding hydrogens is 304 g/mol. The maximum Gasteiger partial charge on any atom is 0.231 e. The summed E-state index contributed by atoms with van der Waals surface area (Å²) in [5.74, 6) is 2.54. The van der Waals surface area contributed by atoms with Crippen molar-refractivity contribution in [2.24, 2.45) is 23.2 Å². The molecule has 0 radical (unpaired) electrons. The van der Waals surface area contributed by atoms with Crippen molar-refractivity contribution in [1.82, 2.24) is 0 Å². The van der Waals surface area contributed by atoms with Crippen LogP contribution >= 0.6 is 11.3 Å². The molecule has 1 heterocycles. The first kappa shape index (κ1) is 14.0. The molecule has 4 saturated carbocycles. The maximum absolute atomic E-state index is 13.1. The molecule has 120 valence electrons. The van der Waals surface area contributed by atoms with Crippen LogP contribution in [0, 0.1) is 34.5 Å². The van der Waals surface area contributed by atoms with Gasteiger partial charge in [0, 0.05) is 4.88 Å². The number of nitrogens with zero attached hydrogens (tertiary/aromatic N) is 1. The molecular formula is C19H22N2OS. The highest BCUT2D eigenvalue weighted by molar-refractivity contribution is 7.16. The second-order valence-corrected chi connectivity index (χ2v) is 9.43. The standard InChI is InChI=1S/C19H22N2OS/c20-10-15-14-2-1-3-16(14)23-17(15)21-18(22)19-7-11-4-12(8-19)6-13(5-11)9-19/h11-13H,1-9H2,(H,21,22). The number of amides is 1. The fraction of sp³-hybridized carbons (Fsp3) is 0.684. The number of rotatable bonds is 2. The lowest BCUT2D eigenvalue weighted by atomic mass is 9.49. The minimum Gasteiger partial charge on any atom is -0.316 e. The van der Waals surface area contributed by atoms with Crippen LogP contribution in [0.2, 0.25) is 0 Å². The summed E-state index contributed by atoms with van der Waals surface area (Å²) in [6.07, 6.45) is 10.5. The molecule has 0 atom stereocenters. The number of hydrogen-bond acceptors (Lipinski definition) is 3. The van der Waals surface area contributed by atoms with Crippen molar-refractivity contribution in [3.05, 3.63) is 16.0 Å². The Morgan fingerprint density at radius 2 is 1.78 bits per heavy atom. The Morgan fingerprint density at radius 3 is 2.39 bits per heavy atom. The van der Waals surface area contributed by atoms with Gasteiger partial charge in [0.25, 0.3) is 0 Å². The average Bonchev–Trinajstić information content (AvgIpc) is 3.06. The second-order valence-electron chi connectivity index (χ2n) is 8.33. The van der Waals surface area contributed by atoms with Gasteiger partial charge in [-0.3, -0.25) is 4.79 Å². The molecule has 4 heteroatoms. The zero-order valence-electron chi connectivity index (χ0n) is 13.4. The summed E-state index contributed by atoms with van der Waals surface area (Å²) in [4.78, 5) is 14.5. The van der Waals surface area contributed by atoms with Crippen LogP contribution in [0.15, 0.2) is 0 Å². The smallest absolute Gasteiger partial charge is 0.231 e. The zero-order chi connectivity index (χ0) is 15.6. The molecule has 3 nitrogen and oxygen atoms in total. The molecule has 0 spiro atoms. The summed E-state index contributed by atoms with van der Waals surface area (Å²) >= 11 is 1.65. The van der Waals surface area contributed by atoms with Gasteiger partial charge in [-0.2, -0.15) is 5.26 Å². The van der Waals surface area contributed by atoms with Crippen molar-refractivity contribution in [2.45, 2.75) is 57.8 Å². The van der Waals surface area contributed by atoms with Crippen molar-refractivity contribution in [1.29, 1.82) is 5.26 Å². The summed E-state index contributed by atoms with van der Waals surface area (Å²) < 4.78 is 0. The molecule has 4 fully saturated rings. The van der Waals surface area contributed by atoms with E-state index in [2.05, 4.69) is 11.4 Å². The molecule has 1 aromatic rings. The van der Waals surface area contributed by atoms with Crippen LogP contribution in [0.25, 0.3) is 0 Å². The number of carbonyl (C=O) groups is 1. The van der Waals surface area contributed by atoms with E-state index in [-0.39, 0.29) is 11.3 Å². The first-order valence-corrected chi connectivity index (χ1v) is 9.84. The van der Waals surface area contributed by atoms with E-state index in [0.717, 1.165) is 66.8 Å². The van der Waals surface area contributed by atoms with E-state index in [1.54, 1.807) is 11.3 Å². The van der Waals surface area contributed by atoms with E-state index >= 15 is 0 Å². The molecule has 23 heavy (non-hydrogen) atoms. The van der Waals surface area contributed by atoms with Gasteiger partial charge in [0.1, 0.15) is 11.1 Å². The SMILES string of the molecule is N#Cc1c(NC(=O)C23CC4CC(CC(C4)C2)C3)sc2c1CCC2. The highest BCUT2D eigenvalue weighted by Gasteiger charge is 2.54. The number of thiophene rings is 1. The van der Waals surface area contributed by atoms with Gasteiger partial charge < -0.3 is 5.32 Å². The molecule has 4 bridgehead atoms. The predicted octanol–water partition coefficient (Wildman–Crippen LogP) is 4.26. The Kier molecular flexibility index (Phi) is 2.95. The lowest BCUT2D eigenvalue weighted by Crippen LogP contribution is -2.51. The summed E-state index contributed by atoms with van der Waals surface area (Å²) in [6, 6.07) is 2.35. The predicted molar refractivity (Wildman–Crippen MR) is 90.3 cm³/mol. The number of hydrogen-bond donors (Lipinski definition) is 1. The number of fused-ring (bicyclic) bond motifs is 1. The van der Waals surface area contributed by atoms with Gasteiger partial charge in [-0.1, -0.05) is 0 Å². The molecule has 1 aromatic heterocycles. The summed E-state index contributed by atoms with van der Waals surface area (Å²) in [5.41, 5.74) is 1.83. The fourth-order valence-electron chi connectivity index (χ4n) is 6.24. The molecule has 5 aliphatic rings. The Morgan fingerprint density at radius 1 is 1.13 bits per heavy atom. The van der Waals surface area contributed by atoms with Crippen LogP contribution < -0.4 is 5.32 Å². The number of anilines is 1. The van der Waals surface area contributed by atoms with Crippen molar-refractivity contribution >= 4 is 22.2 Å². The fourth-order valence-corrected chi connectivity index (χ4v) is 7.47. The molecule has 5 aliphatic carbocycles. The van der Waals surface area contributed by atoms with Crippen LogP contribution in [-0.2, 0) is 17.6 Å². The van der Waals surface area contributed by atoms with Gasteiger partial charge >= 0.3 is 0 Å². The highest BCUT2D eigenvalue weighted by atomic mass is 32.1. The average molecular weight is 326 g/mol. The molecule has 1 N–H and O–H groups in total.